The van der Waals surface area contributed by atoms with E-state index >= 15 is 0 Å². The number of aliphatic hydroxyl groups excluding tert-OH is 1. The Morgan fingerprint density at radius 2 is 2.14 bits per heavy atom. The lowest BCUT2D eigenvalue weighted by atomic mass is 10.1. The van der Waals surface area contributed by atoms with Gasteiger partial charge in [-0.15, -0.1) is 0 Å². The van der Waals surface area contributed by atoms with Crippen molar-refractivity contribution in [2.75, 3.05) is 18.4 Å². The molecule has 2 rings (SSSR count). The van der Waals surface area contributed by atoms with Crippen molar-refractivity contribution in [2.24, 2.45) is 0 Å². The third kappa shape index (κ3) is 3.99. The fourth-order valence-corrected chi connectivity index (χ4v) is 2.41. The summed E-state index contributed by atoms with van der Waals surface area (Å²) in [5, 5.41) is 22.9. The molecule has 0 aliphatic carbocycles. The minimum atomic E-state index is -0.483. The van der Waals surface area contributed by atoms with E-state index in [1.165, 1.54) is 24.3 Å². The summed E-state index contributed by atoms with van der Waals surface area (Å²) in [4.78, 5) is 24.2. The predicted molar refractivity (Wildman–Crippen MR) is 78.0 cm³/mol. The Hall–Kier alpha value is -1.99. The van der Waals surface area contributed by atoms with Crippen molar-refractivity contribution < 1.29 is 14.8 Å². The molecule has 0 unspecified atom stereocenters. The molecule has 1 heterocycles. The van der Waals surface area contributed by atoms with Crippen molar-refractivity contribution in [1.82, 2.24) is 4.90 Å². The second-order valence-corrected chi connectivity index (χ2v) is 5.26. The van der Waals surface area contributed by atoms with Gasteiger partial charge in [-0.3, -0.25) is 19.8 Å². The van der Waals surface area contributed by atoms with Crippen molar-refractivity contribution in [3.05, 3.63) is 34.4 Å². The molecule has 1 aromatic rings. The molecule has 2 atom stereocenters. The standard InChI is InChI=1S/C14H19N3O4/c1-10(16-8-2-3-13(18)9-16)14(19)15-11-4-6-12(7-5-11)17(20)21/h4-7,10,13,18H,2-3,8-9H2,1H3,(H,15,19)/t10-,13+/m0/s1. The minimum absolute atomic E-state index is 0.0137. The number of nitro benzene ring substituents is 1. The molecule has 1 aliphatic rings. The summed E-state index contributed by atoms with van der Waals surface area (Å²) >= 11 is 0. The van der Waals surface area contributed by atoms with Crippen molar-refractivity contribution in [3.8, 4) is 0 Å². The van der Waals surface area contributed by atoms with E-state index in [-0.39, 0.29) is 23.7 Å². The second kappa shape index (κ2) is 6.64. The largest absolute Gasteiger partial charge is 0.392 e. The number of aliphatic hydroxyl groups is 1. The molecule has 0 radical (unpaired) electrons. The summed E-state index contributed by atoms with van der Waals surface area (Å²) in [6.07, 6.45) is 1.26. The first-order valence-electron chi connectivity index (χ1n) is 6.95. The molecule has 0 aromatic heterocycles. The van der Waals surface area contributed by atoms with Crippen LogP contribution in [-0.2, 0) is 4.79 Å². The molecule has 1 saturated heterocycles. The molecular weight excluding hydrogens is 274 g/mol. The Labute approximate surface area is 122 Å². The number of hydrogen-bond donors (Lipinski definition) is 2. The van der Waals surface area contributed by atoms with Gasteiger partial charge in [-0.2, -0.15) is 0 Å². The van der Waals surface area contributed by atoms with Gasteiger partial charge in [0.1, 0.15) is 0 Å². The number of carbonyl (C=O) groups is 1. The maximum atomic E-state index is 12.2. The highest BCUT2D eigenvalue weighted by atomic mass is 16.6. The van der Waals surface area contributed by atoms with Crippen LogP contribution in [-0.4, -0.2) is 46.1 Å². The van der Waals surface area contributed by atoms with Gasteiger partial charge in [-0.25, -0.2) is 0 Å². The Balaban J connectivity index is 1.95. The zero-order chi connectivity index (χ0) is 15.4. The number of nitrogens with zero attached hydrogens (tertiary/aromatic N) is 2. The number of non-ortho nitro benzene ring substituents is 1. The lowest BCUT2D eigenvalue weighted by molar-refractivity contribution is -0.384. The molecule has 0 spiro atoms. The summed E-state index contributed by atoms with van der Waals surface area (Å²) in [6.45, 7) is 3.07. The second-order valence-electron chi connectivity index (χ2n) is 5.26. The van der Waals surface area contributed by atoms with E-state index in [0.717, 1.165) is 19.4 Å². The third-order valence-electron chi connectivity index (χ3n) is 3.70. The summed E-state index contributed by atoms with van der Waals surface area (Å²) < 4.78 is 0. The molecule has 1 fully saturated rings. The summed E-state index contributed by atoms with van der Waals surface area (Å²) in [7, 11) is 0. The number of rotatable bonds is 4. The van der Waals surface area contributed by atoms with Crippen LogP contribution in [0, 0.1) is 10.1 Å². The van der Waals surface area contributed by atoms with Crippen LogP contribution in [0.15, 0.2) is 24.3 Å². The SMILES string of the molecule is C[C@@H](C(=O)Nc1ccc([N+](=O)[O-])cc1)N1CCC[C@@H](O)C1. The van der Waals surface area contributed by atoms with Crippen LogP contribution in [0.25, 0.3) is 0 Å². The Morgan fingerprint density at radius 1 is 1.48 bits per heavy atom. The topological polar surface area (TPSA) is 95.7 Å². The van der Waals surface area contributed by atoms with Gasteiger partial charge in [-0.05, 0) is 38.4 Å². The molecule has 0 saturated carbocycles. The van der Waals surface area contributed by atoms with Gasteiger partial charge < -0.3 is 10.4 Å². The molecule has 114 valence electrons. The number of nitrogens with one attached hydrogen (secondary N) is 1. The summed E-state index contributed by atoms with van der Waals surface area (Å²) in [5.41, 5.74) is 0.509. The molecular formula is C14H19N3O4. The number of amides is 1. The average molecular weight is 293 g/mol. The van der Waals surface area contributed by atoms with Crippen LogP contribution in [0.3, 0.4) is 0 Å². The smallest absolute Gasteiger partial charge is 0.269 e. The number of likely N-dealkylation sites (tertiary alicyclic amines) is 1. The number of piperidine rings is 1. The van der Waals surface area contributed by atoms with Crippen LogP contribution in [0.5, 0.6) is 0 Å². The maximum Gasteiger partial charge on any atom is 0.269 e. The molecule has 7 nitrogen and oxygen atoms in total. The Kier molecular flexibility index (Phi) is 4.87. The zero-order valence-corrected chi connectivity index (χ0v) is 11.9. The number of anilines is 1. The molecule has 1 aliphatic heterocycles. The molecule has 2 N–H and O–H groups in total. The first kappa shape index (κ1) is 15.4. The Bertz CT molecular complexity index is 517. The number of carbonyl (C=O) groups excluding carboxylic acids is 1. The van der Waals surface area contributed by atoms with Gasteiger partial charge in [0.05, 0.1) is 17.1 Å². The van der Waals surface area contributed by atoms with Crippen molar-refractivity contribution in [1.29, 1.82) is 0 Å². The van der Waals surface area contributed by atoms with Gasteiger partial charge in [0.25, 0.3) is 5.69 Å². The third-order valence-corrected chi connectivity index (χ3v) is 3.70. The van der Waals surface area contributed by atoms with Crippen LogP contribution in [0.1, 0.15) is 19.8 Å². The monoisotopic (exact) mass is 293 g/mol. The van der Waals surface area contributed by atoms with Crippen molar-refractivity contribution in [2.45, 2.75) is 31.9 Å². The average Bonchev–Trinajstić information content (AvgIpc) is 2.47. The normalized spacial score (nSPS) is 20.8. The van der Waals surface area contributed by atoms with E-state index in [2.05, 4.69) is 5.32 Å². The van der Waals surface area contributed by atoms with Crippen LogP contribution >= 0.6 is 0 Å². The molecule has 1 amide bonds. The van der Waals surface area contributed by atoms with Gasteiger partial charge in [-0.1, -0.05) is 0 Å². The molecule has 7 heteroatoms. The molecule has 1 aromatic carbocycles. The van der Waals surface area contributed by atoms with Crippen molar-refractivity contribution in [3.63, 3.8) is 0 Å². The fourth-order valence-electron chi connectivity index (χ4n) is 2.41. The van der Waals surface area contributed by atoms with Crippen LogP contribution in [0.4, 0.5) is 11.4 Å². The van der Waals surface area contributed by atoms with Gasteiger partial charge in [0, 0.05) is 24.4 Å². The van der Waals surface area contributed by atoms with Crippen LogP contribution < -0.4 is 5.32 Å². The highest BCUT2D eigenvalue weighted by Crippen LogP contribution is 2.17. The zero-order valence-electron chi connectivity index (χ0n) is 11.9. The lowest BCUT2D eigenvalue weighted by Crippen LogP contribution is -2.48. The van der Waals surface area contributed by atoms with Crippen LogP contribution in [0.2, 0.25) is 0 Å². The lowest BCUT2D eigenvalue weighted by Gasteiger charge is -2.33. The minimum Gasteiger partial charge on any atom is -0.392 e. The van der Waals surface area contributed by atoms with E-state index in [0.29, 0.717) is 12.2 Å². The molecule has 21 heavy (non-hydrogen) atoms. The van der Waals surface area contributed by atoms with Gasteiger partial charge in [0.15, 0.2) is 0 Å². The number of hydrogen-bond acceptors (Lipinski definition) is 5. The number of benzene rings is 1. The number of β-amino-alcohol motifs (C(OH)–C–C–N with tert-alkyl or cyclic N) is 1. The van der Waals surface area contributed by atoms with E-state index < -0.39 is 4.92 Å². The van der Waals surface area contributed by atoms with E-state index in [1.807, 2.05) is 4.90 Å². The van der Waals surface area contributed by atoms with E-state index in [1.54, 1.807) is 6.92 Å². The first-order valence-corrected chi connectivity index (χ1v) is 6.95. The summed E-state index contributed by atoms with van der Waals surface area (Å²) in [5.74, 6) is -0.182. The number of nitro groups is 1. The van der Waals surface area contributed by atoms with Gasteiger partial charge >= 0.3 is 0 Å². The first-order chi connectivity index (χ1) is 9.97. The highest BCUT2D eigenvalue weighted by Gasteiger charge is 2.26. The van der Waals surface area contributed by atoms with E-state index in [4.69, 9.17) is 0 Å². The van der Waals surface area contributed by atoms with E-state index in [9.17, 15) is 20.0 Å². The fraction of sp³-hybridized carbons (Fsp3) is 0.500. The van der Waals surface area contributed by atoms with Crippen molar-refractivity contribution >= 4 is 17.3 Å². The maximum absolute atomic E-state index is 12.2. The quantitative estimate of drug-likeness (QED) is 0.646. The predicted octanol–water partition coefficient (Wildman–Crippen LogP) is 1.38. The molecule has 0 bridgehead atoms. The highest BCUT2D eigenvalue weighted by molar-refractivity contribution is 5.94. The van der Waals surface area contributed by atoms with Gasteiger partial charge in [0.2, 0.25) is 5.91 Å². The summed E-state index contributed by atoms with van der Waals surface area (Å²) in [6, 6.07) is 5.37. The Morgan fingerprint density at radius 3 is 2.71 bits per heavy atom.